The zero-order valence-corrected chi connectivity index (χ0v) is 15.2. The molecule has 1 aromatic heterocycles. The van der Waals surface area contributed by atoms with E-state index in [0.29, 0.717) is 29.5 Å². The van der Waals surface area contributed by atoms with Crippen LogP contribution in [-0.2, 0) is 19.5 Å². The van der Waals surface area contributed by atoms with Crippen molar-refractivity contribution in [2.24, 2.45) is 4.99 Å². The van der Waals surface area contributed by atoms with E-state index < -0.39 is 0 Å². The number of nitrogens with zero attached hydrogens (tertiary/aromatic N) is 3. The van der Waals surface area contributed by atoms with E-state index in [1.807, 2.05) is 6.07 Å². The van der Waals surface area contributed by atoms with Crippen molar-refractivity contribution in [3.8, 4) is 5.75 Å². The molecule has 0 bridgehead atoms. The summed E-state index contributed by atoms with van der Waals surface area (Å²) in [6.07, 6.45) is 3.79. The molecule has 4 rings (SSSR count). The number of halogens is 1. The van der Waals surface area contributed by atoms with Crippen molar-refractivity contribution in [3.05, 3.63) is 56.2 Å². The van der Waals surface area contributed by atoms with E-state index in [4.69, 9.17) is 16.6 Å². The second-order valence-electron chi connectivity index (χ2n) is 6.84. The van der Waals surface area contributed by atoms with E-state index in [1.165, 1.54) is 0 Å². The highest BCUT2D eigenvalue weighted by atomic mass is 35.5. The van der Waals surface area contributed by atoms with Crippen LogP contribution in [0, 0.1) is 0 Å². The summed E-state index contributed by atoms with van der Waals surface area (Å²) >= 11 is 6.18. The SMILES string of the molecule is O=c1[nH]c(C2=NCCCC2)nc2c1CN(Cc1cccc(O)c1Cl)CC2. The first-order valence-corrected chi connectivity index (χ1v) is 9.34. The van der Waals surface area contributed by atoms with Gasteiger partial charge in [0.2, 0.25) is 0 Å². The third kappa shape index (κ3) is 3.39. The summed E-state index contributed by atoms with van der Waals surface area (Å²) in [6, 6.07) is 5.24. The highest BCUT2D eigenvalue weighted by Crippen LogP contribution is 2.28. The Balaban J connectivity index is 1.56. The van der Waals surface area contributed by atoms with Crippen LogP contribution in [0.2, 0.25) is 5.02 Å². The Hall–Kier alpha value is -2.18. The van der Waals surface area contributed by atoms with Gasteiger partial charge < -0.3 is 10.1 Å². The Kier molecular flexibility index (Phi) is 4.78. The van der Waals surface area contributed by atoms with Gasteiger partial charge in [-0.05, 0) is 30.9 Å². The van der Waals surface area contributed by atoms with Gasteiger partial charge in [-0.15, -0.1) is 0 Å². The first kappa shape index (κ1) is 17.2. The van der Waals surface area contributed by atoms with Crippen molar-refractivity contribution < 1.29 is 5.11 Å². The fourth-order valence-corrected chi connectivity index (χ4v) is 3.76. The van der Waals surface area contributed by atoms with E-state index in [2.05, 4.69) is 14.9 Å². The largest absolute Gasteiger partial charge is 0.506 e. The molecular formula is C19H21ClN4O2. The first-order valence-electron chi connectivity index (χ1n) is 8.96. The van der Waals surface area contributed by atoms with Crippen molar-refractivity contribution in [2.75, 3.05) is 13.1 Å². The number of fused-ring (bicyclic) bond motifs is 1. The van der Waals surface area contributed by atoms with Gasteiger partial charge in [0.1, 0.15) is 5.75 Å². The molecule has 1 aromatic carbocycles. The van der Waals surface area contributed by atoms with Gasteiger partial charge >= 0.3 is 0 Å². The van der Waals surface area contributed by atoms with Crippen molar-refractivity contribution in [2.45, 2.75) is 38.8 Å². The molecule has 0 amide bonds. The van der Waals surface area contributed by atoms with Crippen LogP contribution in [0.25, 0.3) is 0 Å². The predicted octanol–water partition coefficient (Wildman–Crippen LogP) is 2.66. The van der Waals surface area contributed by atoms with Gasteiger partial charge in [0.15, 0.2) is 5.82 Å². The fourth-order valence-electron chi connectivity index (χ4n) is 3.57. The van der Waals surface area contributed by atoms with Gasteiger partial charge in [-0.2, -0.15) is 0 Å². The van der Waals surface area contributed by atoms with Crippen LogP contribution in [0.15, 0.2) is 28.0 Å². The van der Waals surface area contributed by atoms with E-state index in [0.717, 1.165) is 55.7 Å². The number of nitrogens with one attached hydrogen (secondary N) is 1. The van der Waals surface area contributed by atoms with Crippen LogP contribution in [0.3, 0.4) is 0 Å². The molecular weight excluding hydrogens is 352 g/mol. The van der Waals surface area contributed by atoms with Crippen molar-refractivity contribution >= 4 is 17.3 Å². The third-order valence-corrected chi connectivity index (χ3v) is 5.43. The predicted molar refractivity (Wildman–Crippen MR) is 101 cm³/mol. The lowest BCUT2D eigenvalue weighted by molar-refractivity contribution is 0.241. The van der Waals surface area contributed by atoms with E-state index in [9.17, 15) is 9.90 Å². The number of rotatable bonds is 3. The topological polar surface area (TPSA) is 81.6 Å². The van der Waals surface area contributed by atoms with Crippen molar-refractivity contribution in [1.29, 1.82) is 0 Å². The lowest BCUT2D eigenvalue weighted by Crippen LogP contribution is -2.36. The molecule has 136 valence electrons. The monoisotopic (exact) mass is 372 g/mol. The molecule has 0 saturated carbocycles. The average Bonchev–Trinajstić information content (AvgIpc) is 2.66. The molecule has 0 fully saturated rings. The number of phenolic OH excluding ortho intramolecular Hbond substituents is 1. The smallest absolute Gasteiger partial charge is 0.255 e. The van der Waals surface area contributed by atoms with Gasteiger partial charge in [0.25, 0.3) is 5.56 Å². The van der Waals surface area contributed by atoms with E-state index in [1.54, 1.807) is 12.1 Å². The Bertz CT molecular complexity index is 922. The Labute approximate surface area is 156 Å². The highest BCUT2D eigenvalue weighted by molar-refractivity contribution is 6.32. The van der Waals surface area contributed by atoms with Crippen molar-refractivity contribution in [1.82, 2.24) is 14.9 Å². The zero-order chi connectivity index (χ0) is 18.1. The quantitative estimate of drug-likeness (QED) is 0.867. The molecule has 6 nitrogen and oxygen atoms in total. The number of phenols is 1. The highest BCUT2D eigenvalue weighted by Gasteiger charge is 2.23. The summed E-state index contributed by atoms with van der Waals surface area (Å²) < 4.78 is 0. The van der Waals surface area contributed by atoms with Gasteiger partial charge in [-0.3, -0.25) is 14.7 Å². The molecule has 2 aromatic rings. The number of H-pyrrole nitrogens is 1. The molecule has 2 aliphatic rings. The summed E-state index contributed by atoms with van der Waals surface area (Å²) in [6.45, 7) is 2.72. The summed E-state index contributed by atoms with van der Waals surface area (Å²) in [5, 5.41) is 10.1. The lowest BCUT2D eigenvalue weighted by Gasteiger charge is -2.28. The maximum absolute atomic E-state index is 12.6. The van der Waals surface area contributed by atoms with Crippen LogP contribution in [0.5, 0.6) is 5.75 Å². The number of hydrogen-bond donors (Lipinski definition) is 2. The molecule has 7 heteroatoms. The maximum Gasteiger partial charge on any atom is 0.255 e. The molecule has 0 unspecified atom stereocenters. The summed E-state index contributed by atoms with van der Waals surface area (Å²) in [7, 11) is 0. The number of aromatic amines is 1. The second kappa shape index (κ2) is 7.21. The fraction of sp³-hybridized carbons (Fsp3) is 0.421. The molecule has 0 atom stereocenters. The minimum atomic E-state index is -0.0787. The van der Waals surface area contributed by atoms with Gasteiger partial charge in [-0.1, -0.05) is 23.7 Å². The number of aromatic nitrogens is 2. The normalized spacial score (nSPS) is 17.7. The first-order chi connectivity index (χ1) is 12.6. The molecule has 26 heavy (non-hydrogen) atoms. The molecule has 0 aliphatic carbocycles. The molecule has 2 N–H and O–H groups in total. The van der Waals surface area contributed by atoms with Crippen LogP contribution in [-0.4, -0.2) is 38.8 Å². The number of hydrogen-bond acceptors (Lipinski definition) is 5. The zero-order valence-electron chi connectivity index (χ0n) is 14.5. The summed E-state index contributed by atoms with van der Waals surface area (Å²) in [5.41, 5.74) is 3.28. The van der Waals surface area contributed by atoms with Gasteiger partial charge in [0, 0.05) is 32.6 Å². The molecule has 3 heterocycles. The number of aliphatic imine (C=N–C) groups is 1. The Morgan fingerprint density at radius 1 is 1.27 bits per heavy atom. The van der Waals surface area contributed by atoms with E-state index in [-0.39, 0.29) is 11.3 Å². The number of aromatic hydroxyl groups is 1. The minimum absolute atomic E-state index is 0.0787. The maximum atomic E-state index is 12.6. The summed E-state index contributed by atoms with van der Waals surface area (Å²) in [5.74, 6) is 0.719. The van der Waals surface area contributed by atoms with Crippen LogP contribution in [0.1, 0.15) is 41.9 Å². The third-order valence-electron chi connectivity index (χ3n) is 5.00. The van der Waals surface area contributed by atoms with Crippen molar-refractivity contribution in [3.63, 3.8) is 0 Å². The van der Waals surface area contributed by atoms with Crippen LogP contribution >= 0.6 is 11.6 Å². The standard InChI is InChI=1S/C19H21ClN4O2/c20-17-12(4-3-6-16(17)25)10-24-9-7-14-13(11-24)19(26)23-18(22-14)15-5-1-2-8-21-15/h3-4,6,25H,1-2,5,7-11H2,(H,22,23,26). The van der Waals surface area contributed by atoms with Crippen LogP contribution in [0.4, 0.5) is 0 Å². The minimum Gasteiger partial charge on any atom is -0.506 e. The Morgan fingerprint density at radius 2 is 2.15 bits per heavy atom. The van der Waals surface area contributed by atoms with Gasteiger partial charge in [-0.25, -0.2) is 4.98 Å². The molecule has 0 saturated heterocycles. The summed E-state index contributed by atoms with van der Waals surface area (Å²) in [4.78, 5) is 26.9. The lowest BCUT2D eigenvalue weighted by atomic mass is 10.0. The molecule has 0 radical (unpaired) electrons. The molecule has 2 aliphatic heterocycles. The molecule has 0 spiro atoms. The van der Waals surface area contributed by atoms with E-state index >= 15 is 0 Å². The second-order valence-corrected chi connectivity index (χ2v) is 7.21. The van der Waals surface area contributed by atoms with Gasteiger partial charge in [0.05, 0.1) is 22.0 Å². The average molecular weight is 373 g/mol. The van der Waals surface area contributed by atoms with Crippen LogP contribution < -0.4 is 5.56 Å². The Morgan fingerprint density at radius 3 is 2.96 bits per heavy atom. The number of benzene rings is 1.